The molecule has 1 heterocycles. The number of carbonyl (C=O) groups is 1. The van der Waals surface area contributed by atoms with E-state index in [-0.39, 0.29) is 5.91 Å². The molecule has 0 unspecified atom stereocenters. The minimum absolute atomic E-state index is 0.235. The number of hydrogen-bond donors (Lipinski definition) is 2. The lowest BCUT2D eigenvalue weighted by molar-refractivity contribution is 0.102. The van der Waals surface area contributed by atoms with Crippen molar-refractivity contribution < 1.29 is 9.53 Å². The van der Waals surface area contributed by atoms with Crippen LogP contribution in [0.5, 0.6) is 0 Å². The van der Waals surface area contributed by atoms with Gasteiger partial charge < -0.3 is 15.4 Å². The molecule has 0 atom stereocenters. The second kappa shape index (κ2) is 8.98. The molecule has 1 aromatic heterocycles. The summed E-state index contributed by atoms with van der Waals surface area (Å²) in [6.07, 6.45) is 1.70. The van der Waals surface area contributed by atoms with Crippen LogP contribution < -0.4 is 10.6 Å². The van der Waals surface area contributed by atoms with Gasteiger partial charge in [-0.3, -0.25) is 4.79 Å². The average molecular weight is 328 g/mol. The van der Waals surface area contributed by atoms with Crippen LogP contribution in [-0.2, 0) is 11.2 Å². The molecule has 1 amide bonds. The fourth-order valence-electron chi connectivity index (χ4n) is 2.32. The molecular weight excluding hydrogens is 304 g/mol. The van der Waals surface area contributed by atoms with E-state index in [1.807, 2.05) is 31.2 Å². The predicted octanol–water partition coefficient (Wildman–Crippen LogP) is 3.05. The van der Waals surface area contributed by atoms with Gasteiger partial charge in [0.05, 0.1) is 0 Å². The smallest absolute Gasteiger partial charge is 0.274 e. The van der Waals surface area contributed by atoms with Crippen molar-refractivity contribution >= 4 is 17.5 Å². The molecule has 0 bridgehead atoms. The summed E-state index contributed by atoms with van der Waals surface area (Å²) in [6.45, 7) is 5.26. The van der Waals surface area contributed by atoms with Gasteiger partial charge in [-0.25, -0.2) is 9.97 Å². The average Bonchev–Trinajstić information content (AvgIpc) is 2.58. The van der Waals surface area contributed by atoms with Gasteiger partial charge in [0.1, 0.15) is 5.69 Å². The number of aromatic nitrogens is 2. The molecular formula is C18H24N4O2. The number of hydrogen-bond acceptors (Lipinski definition) is 5. The summed E-state index contributed by atoms with van der Waals surface area (Å²) in [7, 11) is 1.67. The second-order valence-electron chi connectivity index (χ2n) is 5.46. The standard InChI is InChI=1S/C18H24N4O2/c1-4-14-8-5-6-9-15(14)21-17(23)16-12-13(2)20-18(22-16)19-10-7-11-24-3/h5-6,8-9,12H,4,7,10-11H2,1-3H3,(H,21,23)(H,19,20,22). The lowest BCUT2D eigenvalue weighted by atomic mass is 10.1. The summed E-state index contributed by atoms with van der Waals surface area (Å²) in [5.41, 5.74) is 3.00. The van der Waals surface area contributed by atoms with Gasteiger partial charge >= 0.3 is 0 Å². The molecule has 0 spiro atoms. The van der Waals surface area contributed by atoms with Gasteiger partial charge in [-0.2, -0.15) is 0 Å². The quantitative estimate of drug-likeness (QED) is 0.728. The van der Waals surface area contributed by atoms with Crippen molar-refractivity contribution in [3.05, 3.63) is 47.3 Å². The Morgan fingerprint density at radius 1 is 1.25 bits per heavy atom. The van der Waals surface area contributed by atoms with E-state index in [0.29, 0.717) is 24.8 Å². The number of para-hydroxylation sites is 1. The number of methoxy groups -OCH3 is 1. The molecule has 2 N–H and O–H groups in total. The van der Waals surface area contributed by atoms with Crippen molar-refractivity contribution in [1.82, 2.24) is 9.97 Å². The van der Waals surface area contributed by atoms with Crippen LogP contribution in [0.25, 0.3) is 0 Å². The van der Waals surface area contributed by atoms with Gasteiger partial charge in [0.25, 0.3) is 5.91 Å². The number of rotatable bonds is 8. The van der Waals surface area contributed by atoms with E-state index in [0.717, 1.165) is 29.8 Å². The molecule has 2 aromatic rings. The Morgan fingerprint density at radius 3 is 2.79 bits per heavy atom. The maximum atomic E-state index is 12.5. The van der Waals surface area contributed by atoms with Gasteiger partial charge in [0, 0.05) is 31.6 Å². The SMILES string of the molecule is CCc1ccccc1NC(=O)c1cc(C)nc(NCCCOC)n1. The number of aryl methyl sites for hydroxylation is 2. The molecule has 2 rings (SSSR count). The third-order valence-electron chi connectivity index (χ3n) is 3.54. The van der Waals surface area contributed by atoms with Gasteiger partial charge in [-0.05, 0) is 37.5 Å². The van der Waals surface area contributed by atoms with Gasteiger partial charge in [0.2, 0.25) is 5.95 Å². The van der Waals surface area contributed by atoms with Crippen LogP contribution in [0.2, 0.25) is 0 Å². The molecule has 0 radical (unpaired) electrons. The topological polar surface area (TPSA) is 76.1 Å². The summed E-state index contributed by atoms with van der Waals surface area (Å²) < 4.78 is 5.01. The summed E-state index contributed by atoms with van der Waals surface area (Å²) in [5, 5.41) is 6.05. The van der Waals surface area contributed by atoms with E-state index in [1.165, 1.54) is 0 Å². The number of nitrogens with one attached hydrogen (secondary N) is 2. The van der Waals surface area contributed by atoms with E-state index < -0.39 is 0 Å². The highest BCUT2D eigenvalue weighted by molar-refractivity contribution is 6.03. The Kier molecular flexibility index (Phi) is 6.69. The van der Waals surface area contributed by atoms with Crippen molar-refractivity contribution in [2.24, 2.45) is 0 Å². The Balaban J connectivity index is 2.09. The third kappa shape index (κ3) is 5.03. The number of ether oxygens (including phenoxy) is 1. The zero-order chi connectivity index (χ0) is 17.4. The molecule has 24 heavy (non-hydrogen) atoms. The van der Waals surface area contributed by atoms with Crippen molar-refractivity contribution in [1.29, 1.82) is 0 Å². The highest BCUT2D eigenvalue weighted by Gasteiger charge is 2.12. The number of amides is 1. The van der Waals surface area contributed by atoms with Crippen LogP contribution in [0.1, 0.15) is 35.1 Å². The van der Waals surface area contributed by atoms with E-state index >= 15 is 0 Å². The van der Waals surface area contributed by atoms with Crippen LogP contribution in [0, 0.1) is 6.92 Å². The Hall–Kier alpha value is -2.47. The van der Waals surface area contributed by atoms with Crippen molar-refractivity contribution in [3.63, 3.8) is 0 Å². The summed E-state index contributed by atoms with van der Waals surface area (Å²) in [6, 6.07) is 9.46. The molecule has 1 aromatic carbocycles. The van der Waals surface area contributed by atoms with Crippen LogP contribution in [0.4, 0.5) is 11.6 Å². The van der Waals surface area contributed by atoms with Gasteiger partial charge in [0.15, 0.2) is 0 Å². The zero-order valence-corrected chi connectivity index (χ0v) is 14.4. The fourth-order valence-corrected chi connectivity index (χ4v) is 2.32. The lowest BCUT2D eigenvalue weighted by Gasteiger charge is -2.11. The third-order valence-corrected chi connectivity index (χ3v) is 3.54. The molecule has 0 saturated carbocycles. The summed E-state index contributed by atoms with van der Waals surface area (Å²) in [4.78, 5) is 21.1. The maximum Gasteiger partial charge on any atom is 0.274 e. The first-order valence-electron chi connectivity index (χ1n) is 8.11. The first kappa shape index (κ1) is 17.9. The predicted molar refractivity (Wildman–Crippen MR) is 95.5 cm³/mol. The van der Waals surface area contributed by atoms with Crippen LogP contribution in [0.3, 0.4) is 0 Å². The van der Waals surface area contributed by atoms with Crippen molar-refractivity contribution in [2.45, 2.75) is 26.7 Å². The van der Waals surface area contributed by atoms with Crippen molar-refractivity contribution in [2.75, 3.05) is 30.9 Å². The molecule has 0 aliphatic rings. The minimum atomic E-state index is -0.235. The minimum Gasteiger partial charge on any atom is -0.385 e. The highest BCUT2D eigenvalue weighted by atomic mass is 16.5. The molecule has 0 aliphatic heterocycles. The molecule has 0 fully saturated rings. The molecule has 0 aliphatic carbocycles. The van der Waals surface area contributed by atoms with Crippen LogP contribution in [0.15, 0.2) is 30.3 Å². The van der Waals surface area contributed by atoms with E-state index in [4.69, 9.17) is 4.74 Å². The molecule has 6 heteroatoms. The van der Waals surface area contributed by atoms with Crippen LogP contribution in [-0.4, -0.2) is 36.1 Å². The largest absolute Gasteiger partial charge is 0.385 e. The fraction of sp³-hybridized carbons (Fsp3) is 0.389. The van der Waals surface area contributed by atoms with Gasteiger partial charge in [-0.1, -0.05) is 25.1 Å². The summed E-state index contributed by atoms with van der Waals surface area (Å²) >= 11 is 0. The van der Waals surface area contributed by atoms with E-state index in [9.17, 15) is 4.79 Å². The Bertz CT molecular complexity index is 688. The lowest BCUT2D eigenvalue weighted by Crippen LogP contribution is -2.17. The molecule has 128 valence electrons. The second-order valence-corrected chi connectivity index (χ2v) is 5.46. The monoisotopic (exact) mass is 328 g/mol. The first-order chi connectivity index (χ1) is 11.6. The van der Waals surface area contributed by atoms with E-state index in [2.05, 4.69) is 27.5 Å². The number of carbonyl (C=O) groups excluding carboxylic acids is 1. The number of nitrogens with zero attached hydrogens (tertiary/aromatic N) is 2. The Morgan fingerprint density at radius 2 is 2.04 bits per heavy atom. The normalized spacial score (nSPS) is 10.5. The Labute approximate surface area is 142 Å². The van der Waals surface area contributed by atoms with Gasteiger partial charge in [-0.15, -0.1) is 0 Å². The number of benzene rings is 1. The maximum absolute atomic E-state index is 12.5. The molecule has 6 nitrogen and oxygen atoms in total. The first-order valence-corrected chi connectivity index (χ1v) is 8.11. The highest BCUT2D eigenvalue weighted by Crippen LogP contribution is 2.16. The number of anilines is 2. The summed E-state index contributed by atoms with van der Waals surface area (Å²) in [5.74, 6) is 0.223. The van der Waals surface area contributed by atoms with Crippen LogP contribution >= 0.6 is 0 Å². The van der Waals surface area contributed by atoms with Crippen molar-refractivity contribution in [3.8, 4) is 0 Å². The van der Waals surface area contributed by atoms with E-state index in [1.54, 1.807) is 13.2 Å². The molecule has 0 saturated heterocycles. The zero-order valence-electron chi connectivity index (χ0n) is 14.4.